The molecule has 0 spiro atoms. The Hall–Kier alpha value is 0.0700. The Balaban J connectivity index is 2.13. The van der Waals surface area contributed by atoms with E-state index in [0.29, 0.717) is 11.4 Å². The third kappa shape index (κ3) is 3.83. The molecule has 1 saturated heterocycles. The van der Waals surface area contributed by atoms with Gasteiger partial charge in [-0.2, -0.15) is 0 Å². The molecule has 0 amide bonds. The zero-order chi connectivity index (χ0) is 14.8. The highest BCUT2D eigenvalue weighted by Gasteiger charge is 2.46. The molecule has 0 N–H and O–H groups in total. The average Bonchev–Trinajstić information content (AvgIpc) is 2.67. The zero-order valence-electron chi connectivity index (χ0n) is 12.2. The number of hydrogen-bond acceptors (Lipinski definition) is 5. The van der Waals surface area contributed by atoms with Gasteiger partial charge in [-0.1, -0.05) is 51.9 Å². The maximum absolute atomic E-state index is 12.9. The van der Waals surface area contributed by atoms with Gasteiger partial charge in [0.05, 0.1) is 12.3 Å². The van der Waals surface area contributed by atoms with Gasteiger partial charge in [-0.3, -0.25) is 4.57 Å². The molecule has 1 heterocycles. The van der Waals surface area contributed by atoms with Crippen LogP contribution in [0.15, 0.2) is 30.3 Å². The molecule has 3 nitrogen and oxygen atoms in total. The Morgan fingerprint density at radius 2 is 1.95 bits per heavy atom. The molecule has 0 aliphatic carbocycles. The normalized spacial score (nSPS) is 28.2. The van der Waals surface area contributed by atoms with E-state index >= 15 is 0 Å². The van der Waals surface area contributed by atoms with Crippen LogP contribution in [0.5, 0.6) is 0 Å². The molecule has 112 valence electrons. The van der Waals surface area contributed by atoms with E-state index in [4.69, 9.17) is 9.05 Å². The highest BCUT2D eigenvalue weighted by atomic mass is 33.1. The summed E-state index contributed by atoms with van der Waals surface area (Å²) in [4.78, 5) is 0. The topological polar surface area (TPSA) is 35.5 Å². The Kier molecular flexibility index (Phi) is 5.30. The molecule has 1 aromatic carbocycles. The van der Waals surface area contributed by atoms with Crippen LogP contribution in [-0.2, 0) is 19.8 Å². The minimum atomic E-state index is -3.12. The van der Waals surface area contributed by atoms with Crippen LogP contribution in [0.25, 0.3) is 0 Å². The van der Waals surface area contributed by atoms with E-state index in [0.717, 1.165) is 5.56 Å². The summed E-state index contributed by atoms with van der Waals surface area (Å²) in [6.45, 7) is 6.36. The summed E-state index contributed by atoms with van der Waals surface area (Å²) in [6, 6.07) is 9.70. The molecule has 6 heteroatoms. The summed E-state index contributed by atoms with van der Waals surface area (Å²) < 4.78 is 24.0. The summed E-state index contributed by atoms with van der Waals surface area (Å²) in [6.07, 6.45) is 0.242. The van der Waals surface area contributed by atoms with Gasteiger partial charge in [0.2, 0.25) is 0 Å². The van der Waals surface area contributed by atoms with E-state index in [1.807, 2.05) is 30.3 Å². The van der Waals surface area contributed by atoms with Crippen LogP contribution in [0.2, 0.25) is 0 Å². The molecule has 2 rings (SSSR count). The van der Waals surface area contributed by atoms with Crippen LogP contribution < -0.4 is 0 Å². The van der Waals surface area contributed by atoms with Crippen LogP contribution >= 0.6 is 29.2 Å². The summed E-state index contributed by atoms with van der Waals surface area (Å²) >= 11 is 0. The molecule has 0 bridgehead atoms. The molecule has 1 aliphatic heterocycles. The van der Waals surface area contributed by atoms with E-state index in [1.165, 1.54) is 7.11 Å². The first-order chi connectivity index (χ1) is 9.36. The van der Waals surface area contributed by atoms with Crippen molar-refractivity contribution in [1.82, 2.24) is 0 Å². The predicted molar refractivity (Wildman–Crippen MR) is 88.4 cm³/mol. The molecule has 1 fully saturated rings. The summed E-state index contributed by atoms with van der Waals surface area (Å²) in [5, 5.41) is 0.300. The first kappa shape index (κ1) is 16.4. The molecule has 0 saturated carbocycles. The zero-order valence-corrected chi connectivity index (χ0v) is 14.8. The van der Waals surface area contributed by atoms with E-state index in [1.54, 1.807) is 21.6 Å². The van der Waals surface area contributed by atoms with Crippen molar-refractivity contribution in [3.8, 4) is 0 Å². The van der Waals surface area contributed by atoms with Crippen molar-refractivity contribution in [2.45, 2.75) is 43.0 Å². The quantitative estimate of drug-likeness (QED) is 0.562. The lowest BCUT2D eigenvalue weighted by Crippen LogP contribution is -2.36. The fourth-order valence-electron chi connectivity index (χ4n) is 2.20. The lowest BCUT2D eigenvalue weighted by atomic mass is 10.0. The lowest BCUT2D eigenvalue weighted by Gasteiger charge is -2.30. The third-order valence-corrected chi connectivity index (χ3v) is 8.95. The van der Waals surface area contributed by atoms with Crippen molar-refractivity contribution in [3.63, 3.8) is 0 Å². The molecule has 0 aromatic heterocycles. The van der Waals surface area contributed by atoms with Crippen molar-refractivity contribution in [3.05, 3.63) is 35.9 Å². The third-order valence-electron chi connectivity index (χ3n) is 3.30. The Labute approximate surface area is 129 Å². The fraction of sp³-hybridized carbons (Fsp3) is 0.571. The number of benzene rings is 1. The van der Waals surface area contributed by atoms with Crippen LogP contribution in [0, 0.1) is 0 Å². The Bertz CT molecular complexity index is 492. The van der Waals surface area contributed by atoms with Crippen LogP contribution in [0.1, 0.15) is 26.3 Å². The Morgan fingerprint density at radius 3 is 2.45 bits per heavy atom. The first-order valence-electron chi connectivity index (χ1n) is 6.58. The number of hydrogen-bond donors (Lipinski definition) is 0. The molecule has 1 aliphatic rings. The number of rotatable bonds is 5. The molecule has 3 atom stereocenters. The maximum atomic E-state index is 12.9. The largest absolute Gasteiger partial charge is 0.335 e. The van der Waals surface area contributed by atoms with Crippen LogP contribution in [-0.4, -0.2) is 23.2 Å². The highest BCUT2D eigenvalue weighted by Crippen LogP contribution is 2.60. The molecule has 1 aromatic rings. The second-order valence-electron chi connectivity index (χ2n) is 5.45. The SMILES string of the molecule is COP(=O)(Cc1ccccc1)O[C@@H]1[C@H](C)SSC1(C)C. The van der Waals surface area contributed by atoms with Gasteiger partial charge in [-0.05, 0) is 26.3 Å². The van der Waals surface area contributed by atoms with Gasteiger partial charge in [0.15, 0.2) is 0 Å². The van der Waals surface area contributed by atoms with Crippen molar-refractivity contribution in [2.24, 2.45) is 0 Å². The first-order valence-corrected chi connectivity index (χ1v) is 10.5. The van der Waals surface area contributed by atoms with E-state index in [2.05, 4.69) is 20.8 Å². The van der Waals surface area contributed by atoms with Gasteiger partial charge >= 0.3 is 7.60 Å². The predicted octanol–water partition coefficient (Wildman–Crippen LogP) is 4.97. The van der Waals surface area contributed by atoms with Crippen molar-refractivity contribution >= 4 is 29.2 Å². The standard InChI is InChI=1S/C14H21O3PS2/c1-11-13(14(2,3)20-19-11)17-18(15,16-4)10-12-8-6-5-7-9-12/h5-9,11,13H,10H2,1-4H3/t11-,13+,18?/m0/s1. The van der Waals surface area contributed by atoms with E-state index in [9.17, 15) is 4.57 Å². The van der Waals surface area contributed by atoms with Crippen molar-refractivity contribution in [1.29, 1.82) is 0 Å². The summed E-state index contributed by atoms with van der Waals surface area (Å²) in [5.41, 5.74) is 0.974. The maximum Gasteiger partial charge on any atom is 0.335 e. The van der Waals surface area contributed by atoms with Crippen LogP contribution in [0.4, 0.5) is 0 Å². The van der Waals surface area contributed by atoms with Gasteiger partial charge in [-0.15, -0.1) is 0 Å². The fourth-order valence-corrected chi connectivity index (χ4v) is 7.21. The van der Waals surface area contributed by atoms with Crippen LogP contribution in [0.3, 0.4) is 0 Å². The summed E-state index contributed by atoms with van der Waals surface area (Å²) in [5.74, 6) is 0. The average molecular weight is 332 g/mol. The second kappa shape index (κ2) is 6.45. The van der Waals surface area contributed by atoms with Gasteiger partial charge < -0.3 is 9.05 Å². The molecule has 20 heavy (non-hydrogen) atoms. The molecular formula is C14H21O3PS2. The smallest absolute Gasteiger partial charge is 0.312 e. The minimum Gasteiger partial charge on any atom is -0.312 e. The Morgan fingerprint density at radius 1 is 1.30 bits per heavy atom. The van der Waals surface area contributed by atoms with Gasteiger partial charge in [0.1, 0.15) is 0 Å². The minimum absolute atomic E-state index is 0.0606. The van der Waals surface area contributed by atoms with E-state index in [-0.39, 0.29) is 10.9 Å². The van der Waals surface area contributed by atoms with E-state index < -0.39 is 7.60 Å². The molecular weight excluding hydrogens is 311 g/mol. The van der Waals surface area contributed by atoms with Gasteiger partial charge in [0, 0.05) is 17.1 Å². The van der Waals surface area contributed by atoms with Crippen molar-refractivity contribution < 1.29 is 13.6 Å². The van der Waals surface area contributed by atoms with Crippen molar-refractivity contribution in [2.75, 3.05) is 7.11 Å². The lowest BCUT2D eigenvalue weighted by molar-refractivity contribution is 0.139. The molecule has 0 radical (unpaired) electrons. The summed E-state index contributed by atoms with van der Waals surface area (Å²) in [7, 11) is 1.93. The van der Waals surface area contributed by atoms with Gasteiger partial charge in [-0.25, -0.2) is 0 Å². The van der Waals surface area contributed by atoms with Gasteiger partial charge in [0.25, 0.3) is 0 Å². The highest BCUT2D eigenvalue weighted by molar-refractivity contribution is 8.77. The second-order valence-corrected chi connectivity index (χ2v) is 10.8. The monoisotopic (exact) mass is 332 g/mol. The molecule has 1 unspecified atom stereocenters.